The number of aliphatic hydroxyl groups is 1. The summed E-state index contributed by atoms with van der Waals surface area (Å²) in [7, 11) is 0. The van der Waals surface area contributed by atoms with Crippen molar-refractivity contribution in [1.82, 2.24) is 5.32 Å². The van der Waals surface area contributed by atoms with Gasteiger partial charge >= 0.3 is 0 Å². The molecule has 1 aromatic carbocycles. The van der Waals surface area contributed by atoms with Gasteiger partial charge < -0.3 is 10.4 Å². The quantitative estimate of drug-likeness (QED) is 0.749. The second-order valence-electron chi connectivity index (χ2n) is 5.77. The van der Waals surface area contributed by atoms with Crippen LogP contribution in [0.1, 0.15) is 57.7 Å². The SMILES string of the molecule is CCCCc1ccc(C(C)N[C@H](CO)C(C)C)cc1. The molecule has 0 spiro atoms. The number of aliphatic hydroxyl groups excluding tert-OH is 1. The van der Waals surface area contributed by atoms with Gasteiger partial charge in [0.25, 0.3) is 0 Å². The van der Waals surface area contributed by atoms with Gasteiger partial charge in [-0.2, -0.15) is 0 Å². The van der Waals surface area contributed by atoms with E-state index >= 15 is 0 Å². The highest BCUT2D eigenvalue weighted by Crippen LogP contribution is 2.16. The zero-order valence-electron chi connectivity index (χ0n) is 12.8. The molecule has 0 aliphatic rings. The summed E-state index contributed by atoms with van der Waals surface area (Å²) in [5.74, 6) is 0.441. The summed E-state index contributed by atoms with van der Waals surface area (Å²) < 4.78 is 0. The molecule has 0 bridgehead atoms. The molecule has 0 saturated heterocycles. The van der Waals surface area contributed by atoms with Crippen molar-refractivity contribution in [1.29, 1.82) is 0 Å². The van der Waals surface area contributed by atoms with Crippen molar-refractivity contribution in [3.63, 3.8) is 0 Å². The van der Waals surface area contributed by atoms with E-state index in [1.165, 1.54) is 30.4 Å². The molecule has 0 radical (unpaired) electrons. The van der Waals surface area contributed by atoms with Gasteiger partial charge in [0, 0.05) is 12.1 Å². The first-order valence-corrected chi connectivity index (χ1v) is 7.54. The number of aryl methyl sites for hydroxylation is 1. The van der Waals surface area contributed by atoms with Crippen LogP contribution in [0.15, 0.2) is 24.3 Å². The average Bonchev–Trinajstić information content (AvgIpc) is 2.42. The van der Waals surface area contributed by atoms with Crippen molar-refractivity contribution in [3.8, 4) is 0 Å². The summed E-state index contributed by atoms with van der Waals surface area (Å²) in [6.07, 6.45) is 3.67. The Labute approximate surface area is 118 Å². The molecular formula is C17H29NO. The molecule has 1 rings (SSSR count). The fourth-order valence-electron chi connectivity index (χ4n) is 2.23. The zero-order chi connectivity index (χ0) is 14.3. The van der Waals surface area contributed by atoms with Crippen LogP contribution in [0.5, 0.6) is 0 Å². The van der Waals surface area contributed by atoms with Gasteiger partial charge in [0.1, 0.15) is 0 Å². The standard InChI is InChI=1S/C17H29NO/c1-5-6-7-15-8-10-16(11-9-15)14(4)18-17(12-19)13(2)3/h8-11,13-14,17-19H,5-7,12H2,1-4H3/t14?,17-/m1/s1. The van der Waals surface area contributed by atoms with E-state index in [0.717, 1.165) is 0 Å². The van der Waals surface area contributed by atoms with E-state index in [9.17, 15) is 5.11 Å². The summed E-state index contributed by atoms with van der Waals surface area (Å²) in [4.78, 5) is 0. The minimum Gasteiger partial charge on any atom is -0.395 e. The van der Waals surface area contributed by atoms with Gasteiger partial charge in [-0.05, 0) is 36.8 Å². The lowest BCUT2D eigenvalue weighted by atomic mass is 10.00. The van der Waals surface area contributed by atoms with Gasteiger partial charge in [-0.15, -0.1) is 0 Å². The Morgan fingerprint density at radius 3 is 2.21 bits per heavy atom. The molecule has 0 aliphatic carbocycles. The van der Waals surface area contributed by atoms with Crippen LogP contribution in [0.4, 0.5) is 0 Å². The van der Waals surface area contributed by atoms with E-state index in [4.69, 9.17) is 0 Å². The molecular weight excluding hydrogens is 234 g/mol. The summed E-state index contributed by atoms with van der Waals surface area (Å²) in [5, 5.41) is 12.9. The smallest absolute Gasteiger partial charge is 0.0587 e. The second-order valence-corrected chi connectivity index (χ2v) is 5.77. The highest BCUT2D eigenvalue weighted by atomic mass is 16.3. The number of hydrogen-bond donors (Lipinski definition) is 2. The lowest BCUT2D eigenvalue weighted by Crippen LogP contribution is -2.38. The number of nitrogens with one attached hydrogen (secondary N) is 1. The fourth-order valence-corrected chi connectivity index (χ4v) is 2.23. The first-order chi connectivity index (χ1) is 9.08. The molecule has 2 heteroatoms. The summed E-state index contributed by atoms with van der Waals surface area (Å²) >= 11 is 0. The van der Waals surface area contributed by atoms with Gasteiger partial charge in [0.15, 0.2) is 0 Å². The minimum absolute atomic E-state index is 0.162. The molecule has 0 fully saturated rings. The highest BCUT2D eigenvalue weighted by Gasteiger charge is 2.15. The number of benzene rings is 1. The maximum absolute atomic E-state index is 9.37. The Bertz CT molecular complexity index is 345. The normalized spacial score (nSPS) is 14.6. The van der Waals surface area contributed by atoms with Crippen molar-refractivity contribution in [2.24, 2.45) is 5.92 Å². The van der Waals surface area contributed by atoms with E-state index in [1.807, 2.05) is 0 Å². The molecule has 0 aromatic heterocycles. The van der Waals surface area contributed by atoms with E-state index < -0.39 is 0 Å². The monoisotopic (exact) mass is 263 g/mol. The van der Waals surface area contributed by atoms with Crippen LogP contribution in [0.25, 0.3) is 0 Å². The largest absolute Gasteiger partial charge is 0.395 e. The number of hydrogen-bond acceptors (Lipinski definition) is 2. The molecule has 0 heterocycles. The van der Waals surface area contributed by atoms with Crippen molar-refractivity contribution in [2.75, 3.05) is 6.61 Å². The molecule has 0 aliphatic heterocycles. The topological polar surface area (TPSA) is 32.3 Å². The molecule has 19 heavy (non-hydrogen) atoms. The average molecular weight is 263 g/mol. The minimum atomic E-state index is 0.162. The molecule has 2 N–H and O–H groups in total. The van der Waals surface area contributed by atoms with Crippen LogP contribution in [0.2, 0.25) is 0 Å². The van der Waals surface area contributed by atoms with E-state index in [-0.39, 0.29) is 18.7 Å². The van der Waals surface area contributed by atoms with Crippen molar-refractivity contribution in [3.05, 3.63) is 35.4 Å². The Balaban J connectivity index is 2.59. The van der Waals surface area contributed by atoms with Crippen LogP contribution >= 0.6 is 0 Å². The molecule has 108 valence electrons. The van der Waals surface area contributed by atoms with Crippen molar-refractivity contribution >= 4 is 0 Å². The van der Waals surface area contributed by atoms with Gasteiger partial charge in [-0.25, -0.2) is 0 Å². The second kappa shape index (κ2) is 8.34. The zero-order valence-corrected chi connectivity index (χ0v) is 12.8. The van der Waals surface area contributed by atoms with Crippen LogP contribution < -0.4 is 5.32 Å². The van der Waals surface area contributed by atoms with Crippen LogP contribution in [-0.2, 0) is 6.42 Å². The van der Waals surface area contributed by atoms with Crippen LogP contribution in [0.3, 0.4) is 0 Å². The summed E-state index contributed by atoms with van der Waals surface area (Å²) in [6.45, 7) is 8.84. The Kier molecular flexibility index (Phi) is 7.11. The van der Waals surface area contributed by atoms with E-state index in [1.54, 1.807) is 0 Å². The van der Waals surface area contributed by atoms with Crippen LogP contribution in [-0.4, -0.2) is 17.8 Å². The Morgan fingerprint density at radius 2 is 1.74 bits per heavy atom. The predicted octanol–water partition coefficient (Wildman–Crippen LogP) is 3.70. The van der Waals surface area contributed by atoms with Gasteiger partial charge in [-0.1, -0.05) is 51.5 Å². The third-order valence-electron chi connectivity index (χ3n) is 3.76. The van der Waals surface area contributed by atoms with Gasteiger partial charge in [0.05, 0.1) is 6.61 Å². The highest BCUT2D eigenvalue weighted by molar-refractivity contribution is 5.25. The van der Waals surface area contributed by atoms with Crippen molar-refractivity contribution in [2.45, 2.75) is 59.0 Å². The lowest BCUT2D eigenvalue weighted by molar-refractivity contribution is 0.201. The maximum atomic E-state index is 9.37. The van der Waals surface area contributed by atoms with Crippen molar-refractivity contribution < 1.29 is 5.11 Å². The lowest BCUT2D eigenvalue weighted by Gasteiger charge is -2.25. The van der Waals surface area contributed by atoms with Gasteiger partial charge in [-0.3, -0.25) is 0 Å². The Hall–Kier alpha value is -0.860. The third kappa shape index (κ3) is 5.33. The van der Waals surface area contributed by atoms with E-state index in [2.05, 4.69) is 57.3 Å². The van der Waals surface area contributed by atoms with Crippen LogP contribution in [0, 0.1) is 5.92 Å². The number of unbranched alkanes of at least 4 members (excludes halogenated alkanes) is 1. The summed E-state index contributed by atoms with van der Waals surface area (Å²) in [5.41, 5.74) is 2.71. The van der Waals surface area contributed by atoms with Gasteiger partial charge in [0.2, 0.25) is 0 Å². The molecule has 0 amide bonds. The first-order valence-electron chi connectivity index (χ1n) is 7.54. The fraction of sp³-hybridized carbons (Fsp3) is 0.647. The molecule has 0 saturated carbocycles. The summed E-state index contributed by atoms with van der Waals surface area (Å²) in [6, 6.07) is 9.31. The Morgan fingerprint density at radius 1 is 1.11 bits per heavy atom. The number of rotatable bonds is 8. The molecule has 1 unspecified atom stereocenters. The maximum Gasteiger partial charge on any atom is 0.0587 e. The molecule has 1 aromatic rings. The molecule has 2 nitrogen and oxygen atoms in total. The molecule has 2 atom stereocenters. The predicted molar refractivity (Wildman–Crippen MR) is 82.3 cm³/mol. The van der Waals surface area contributed by atoms with E-state index in [0.29, 0.717) is 5.92 Å². The third-order valence-corrected chi connectivity index (χ3v) is 3.76. The first kappa shape index (κ1) is 16.2.